The molecule has 1 aliphatic carbocycles. The Morgan fingerprint density at radius 2 is 2.00 bits per heavy atom. The summed E-state index contributed by atoms with van der Waals surface area (Å²) < 4.78 is 0. The Bertz CT molecular complexity index is 491. The minimum Gasteiger partial charge on any atom is -0.369 e. The lowest BCUT2D eigenvalue weighted by Crippen LogP contribution is -2.45. The van der Waals surface area contributed by atoms with Crippen molar-refractivity contribution in [2.75, 3.05) is 24.5 Å². The number of anilines is 1. The lowest BCUT2D eigenvalue weighted by Gasteiger charge is -2.20. The molecule has 5 heteroatoms. The van der Waals surface area contributed by atoms with E-state index in [0.29, 0.717) is 12.1 Å². The predicted molar refractivity (Wildman–Crippen MR) is 104 cm³/mol. The first-order valence-electron chi connectivity index (χ1n) is 8.13. The smallest absolute Gasteiger partial charge is 0.191 e. The Morgan fingerprint density at radius 3 is 2.64 bits per heavy atom. The van der Waals surface area contributed by atoms with Crippen molar-refractivity contribution in [3.63, 3.8) is 0 Å². The van der Waals surface area contributed by atoms with Crippen LogP contribution in [-0.2, 0) is 0 Å². The average molecular weight is 414 g/mol. The number of para-hydroxylation sites is 1. The van der Waals surface area contributed by atoms with Crippen LogP contribution in [0.25, 0.3) is 0 Å². The summed E-state index contributed by atoms with van der Waals surface area (Å²) in [5.74, 6) is 1.78. The summed E-state index contributed by atoms with van der Waals surface area (Å²) >= 11 is 0. The van der Waals surface area contributed by atoms with Crippen LogP contribution in [0.2, 0.25) is 0 Å². The van der Waals surface area contributed by atoms with E-state index in [4.69, 9.17) is 0 Å². The van der Waals surface area contributed by atoms with Gasteiger partial charge in [-0.05, 0) is 37.8 Å². The highest BCUT2D eigenvalue weighted by Crippen LogP contribution is 2.28. The molecule has 0 spiro atoms. The number of nitrogens with one attached hydrogen (secondary N) is 2. The molecule has 2 N–H and O–H groups in total. The molecule has 122 valence electrons. The van der Waals surface area contributed by atoms with E-state index >= 15 is 0 Å². The first-order valence-corrected chi connectivity index (χ1v) is 8.13. The van der Waals surface area contributed by atoms with Gasteiger partial charge in [-0.1, -0.05) is 25.1 Å². The molecule has 0 amide bonds. The number of rotatable bonds is 4. The SMILES string of the molecule is CCN=C(NC1CCN(c2ccccc2)C1)NC1CC1C.I. The second-order valence-electron chi connectivity index (χ2n) is 6.20. The van der Waals surface area contributed by atoms with E-state index in [2.05, 4.69) is 64.7 Å². The van der Waals surface area contributed by atoms with Crippen LogP contribution >= 0.6 is 24.0 Å². The van der Waals surface area contributed by atoms with Crippen LogP contribution in [0.5, 0.6) is 0 Å². The Morgan fingerprint density at radius 1 is 1.27 bits per heavy atom. The van der Waals surface area contributed by atoms with Crippen LogP contribution in [0.15, 0.2) is 35.3 Å². The average Bonchev–Trinajstić information content (AvgIpc) is 3.00. The Labute approximate surface area is 150 Å². The predicted octanol–water partition coefficient (Wildman–Crippen LogP) is 2.85. The van der Waals surface area contributed by atoms with Crippen molar-refractivity contribution in [2.45, 2.75) is 38.8 Å². The fourth-order valence-corrected chi connectivity index (χ4v) is 2.93. The van der Waals surface area contributed by atoms with Gasteiger partial charge in [0.15, 0.2) is 5.96 Å². The van der Waals surface area contributed by atoms with Crippen molar-refractivity contribution in [3.05, 3.63) is 30.3 Å². The van der Waals surface area contributed by atoms with E-state index in [-0.39, 0.29) is 24.0 Å². The number of aliphatic imine (C=N–C) groups is 1. The van der Waals surface area contributed by atoms with Crippen molar-refractivity contribution >= 4 is 35.6 Å². The molecule has 1 saturated heterocycles. The fraction of sp³-hybridized carbons (Fsp3) is 0.588. The molecular weight excluding hydrogens is 387 g/mol. The lowest BCUT2D eigenvalue weighted by molar-refractivity contribution is 0.641. The molecular formula is C17H27IN4. The summed E-state index contributed by atoms with van der Waals surface area (Å²) in [4.78, 5) is 7.02. The number of nitrogens with zero attached hydrogens (tertiary/aromatic N) is 2. The van der Waals surface area contributed by atoms with Crippen molar-refractivity contribution in [2.24, 2.45) is 10.9 Å². The Balaban J connectivity index is 0.00000176. The Kier molecular flexibility index (Phi) is 6.35. The maximum atomic E-state index is 4.58. The highest BCUT2D eigenvalue weighted by Gasteiger charge is 2.34. The van der Waals surface area contributed by atoms with Crippen molar-refractivity contribution in [1.82, 2.24) is 10.6 Å². The molecule has 0 bridgehead atoms. The monoisotopic (exact) mass is 414 g/mol. The number of guanidine groups is 1. The highest BCUT2D eigenvalue weighted by molar-refractivity contribution is 14.0. The lowest BCUT2D eigenvalue weighted by atomic mass is 10.3. The molecule has 22 heavy (non-hydrogen) atoms. The summed E-state index contributed by atoms with van der Waals surface area (Å²) in [6.45, 7) is 7.36. The number of benzene rings is 1. The molecule has 1 heterocycles. The van der Waals surface area contributed by atoms with Gasteiger partial charge in [0.2, 0.25) is 0 Å². The van der Waals surface area contributed by atoms with Crippen molar-refractivity contribution in [1.29, 1.82) is 0 Å². The van der Waals surface area contributed by atoms with Gasteiger partial charge in [-0.3, -0.25) is 4.99 Å². The van der Waals surface area contributed by atoms with E-state index in [0.717, 1.165) is 31.5 Å². The van der Waals surface area contributed by atoms with Crippen LogP contribution in [0, 0.1) is 5.92 Å². The van der Waals surface area contributed by atoms with Crippen LogP contribution in [0.1, 0.15) is 26.7 Å². The maximum absolute atomic E-state index is 4.58. The topological polar surface area (TPSA) is 39.7 Å². The summed E-state index contributed by atoms with van der Waals surface area (Å²) in [6, 6.07) is 11.8. The molecule has 0 aromatic heterocycles. The third-order valence-corrected chi connectivity index (χ3v) is 4.40. The molecule has 2 fully saturated rings. The second-order valence-corrected chi connectivity index (χ2v) is 6.20. The van der Waals surface area contributed by atoms with Crippen molar-refractivity contribution in [3.8, 4) is 0 Å². The first-order chi connectivity index (χ1) is 10.3. The molecule has 3 atom stereocenters. The number of hydrogen-bond donors (Lipinski definition) is 2. The molecule has 3 rings (SSSR count). The van der Waals surface area contributed by atoms with Gasteiger partial charge in [0, 0.05) is 37.4 Å². The molecule has 1 saturated carbocycles. The summed E-state index contributed by atoms with van der Waals surface area (Å²) in [5.41, 5.74) is 1.32. The quantitative estimate of drug-likeness (QED) is 0.452. The van der Waals surface area contributed by atoms with E-state index in [9.17, 15) is 0 Å². The van der Waals surface area contributed by atoms with Crippen molar-refractivity contribution < 1.29 is 0 Å². The van der Waals surface area contributed by atoms with Crippen LogP contribution < -0.4 is 15.5 Å². The van der Waals surface area contributed by atoms with Crippen LogP contribution in [0.4, 0.5) is 5.69 Å². The van der Waals surface area contributed by atoms with Gasteiger partial charge in [-0.2, -0.15) is 0 Å². The summed E-state index contributed by atoms with van der Waals surface area (Å²) in [6.07, 6.45) is 2.44. The standard InChI is InChI=1S/C17H26N4.HI/c1-3-18-17(20-16-11-13(16)2)19-14-9-10-21(12-14)15-7-5-4-6-8-15;/h4-8,13-14,16H,3,9-12H2,1-2H3,(H2,18,19,20);1H. The zero-order valence-corrected chi connectivity index (χ0v) is 15.8. The van der Waals surface area contributed by atoms with Crippen LogP contribution in [0.3, 0.4) is 0 Å². The fourth-order valence-electron chi connectivity index (χ4n) is 2.93. The number of halogens is 1. The molecule has 4 nitrogen and oxygen atoms in total. The zero-order chi connectivity index (χ0) is 14.7. The Hall–Kier alpha value is -0.980. The van der Waals surface area contributed by atoms with Gasteiger partial charge in [0.1, 0.15) is 0 Å². The van der Waals surface area contributed by atoms with E-state index < -0.39 is 0 Å². The third kappa shape index (κ3) is 4.51. The molecule has 1 aliphatic heterocycles. The van der Waals surface area contributed by atoms with Crippen LogP contribution in [-0.4, -0.2) is 37.7 Å². The van der Waals surface area contributed by atoms with Gasteiger partial charge < -0.3 is 15.5 Å². The molecule has 2 aliphatic rings. The number of hydrogen-bond acceptors (Lipinski definition) is 2. The largest absolute Gasteiger partial charge is 0.369 e. The van der Waals surface area contributed by atoms with Gasteiger partial charge >= 0.3 is 0 Å². The van der Waals surface area contributed by atoms with E-state index in [1.54, 1.807) is 0 Å². The second kappa shape index (κ2) is 8.04. The van der Waals surface area contributed by atoms with E-state index in [1.807, 2.05) is 0 Å². The molecule has 1 aromatic rings. The highest BCUT2D eigenvalue weighted by atomic mass is 127. The maximum Gasteiger partial charge on any atom is 0.191 e. The minimum atomic E-state index is 0. The summed E-state index contributed by atoms with van der Waals surface area (Å²) in [5, 5.41) is 7.15. The zero-order valence-electron chi connectivity index (χ0n) is 13.5. The normalized spacial score (nSPS) is 27.3. The molecule has 3 unspecified atom stereocenters. The van der Waals surface area contributed by atoms with E-state index in [1.165, 1.54) is 18.5 Å². The van der Waals surface area contributed by atoms with Gasteiger partial charge in [0.05, 0.1) is 0 Å². The minimum absolute atomic E-state index is 0. The first kappa shape index (κ1) is 17.4. The molecule has 1 aromatic carbocycles. The molecule has 0 radical (unpaired) electrons. The van der Waals surface area contributed by atoms with Gasteiger partial charge in [0.25, 0.3) is 0 Å². The summed E-state index contributed by atoms with van der Waals surface area (Å²) in [7, 11) is 0. The van der Waals surface area contributed by atoms with Gasteiger partial charge in [-0.15, -0.1) is 24.0 Å². The van der Waals surface area contributed by atoms with Gasteiger partial charge in [-0.25, -0.2) is 0 Å². The third-order valence-electron chi connectivity index (χ3n) is 4.40.